The van der Waals surface area contributed by atoms with Crippen molar-refractivity contribution in [1.82, 2.24) is 10.2 Å². The van der Waals surface area contributed by atoms with Crippen LogP contribution >= 0.6 is 28.3 Å². The van der Waals surface area contributed by atoms with E-state index in [-0.39, 0.29) is 31.6 Å². The van der Waals surface area contributed by atoms with Gasteiger partial charge in [-0.15, -0.1) is 12.4 Å². The van der Waals surface area contributed by atoms with Crippen LogP contribution < -0.4 is 11.1 Å². The van der Waals surface area contributed by atoms with Crippen LogP contribution in [0.25, 0.3) is 0 Å². The molecule has 0 heterocycles. The highest BCUT2D eigenvalue weighted by Gasteiger charge is 2.22. The Labute approximate surface area is 182 Å². The van der Waals surface area contributed by atoms with Crippen LogP contribution in [0.5, 0.6) is 0 Å². The fourth-order valence-corrected chi connectivity index (χ4v) is 4.09. The Balaban J connectivity index is 0.00000392. The Morgan fingerprint density at radius 3 is 2.68 bits per heavy atom. The van der Waals surface area contributed by atoms with Gasteiger partial charge in [-0.3, -0.25) is 4.90 Å². The van der Waals surface area contributed by atoms with Gasteiger partial charge in [0.2, 0.25) is 0 Å². The zero-order valence-electron chi connectivity index (χ0n) is 16.6. The summed E-state index contributed by atoms with van der Waals surface area (Å²) in [5, 5.41) is 11.7. The number of nitrogens with two attached hydrogens (primary N) is 1. The summed E-state index contributed by atoms with van der Waals surface area (Å²) in [5.41, 5.74) is 8.43. The molecule has 0 atom stereocenters. The fraction of sp³-hybridized carbons (Fsp3) is 0.650. The van der Waals surface area contributed by atoms with Crippen molar-refractivity contribution < 1.29 is 14.6 Å². The van der Waals surface area contributed by atoms with Crippen molar-refractivity contribution in [3.05, 3.63) is 27.7 Å². The maximum atomic E-state index is 12.4. The summed E-state index contributed by atoms with van der Waals surface area (Å²) in [7, 11) is 0. The lowest BCUT2D eigenvalue weighted by Crippen LogP contribution is -2.36. The highest BCUT2D eigenvalue weighted by atomic mass is 79.9. The Hall–Kier alpha value is -0.860. The fourth-order valence-electron chi connectivity index (χ4n) is 3.59. The van der Waals surface area contributed by atoms with Crippen LogP contribution in [0.1, 0.15) is 54.9 Å². The zero-order valence-corrected chi connectivity index (χ0v) is 19.0. The summed E-state index contributed by atoms with van der Waals surface area (Å²) in [4.78, 5) is 14.8. The highest BCUT2D eigenvalue weighted by Crippen LogP contribution is 2.29. The number of rotatable bonds is 10. The molecule has 160 valence electrons. The van der Waals surface area contributed by atoms with E-state index in [2.05, 4.69) is 33.1 Å². The molecule has 6 nitrogen and oxygen atoms in total. The van der Waals surface area contributed by atoms with Gasteiger partial charge in [0.25, 0.3) is 0 Å². The van der Waals surface area contributed by atoms with E-state index in [1.54, 1.807) is 6.07 Å². The molecule has 1 aliphatic rings. The van der Waals surface area contributed by atoms with Crippen molar-refractivity contribution >= 4 is 40.0 Å². The molecule has 0 spiro atoms. The quantitative estimate of drug-likeness (QED) is 0.271. The second kappa shape index (κ2) is 13.4. The number of benzene rings is 1. The summed E-state index contributed by atoms with van der Waals surface area (Å²) in [5.74, 6) is -0.358. The number of nitrogens with zero attached hydrogens (tertiary/aromatic N) is 1. The molecule has 1 aromatic rings. The van der Waals surface area contributed by atoms with Crippen LogP contribution in [-0.4, -0.2) is 54.9 Å². The number of carbonyl (C=O) groups is 1. The summed E-state index contributed by atoms with van der Waals surface area (Å²) in [6, 6.07) is 4.17. The normalized spacial score (nSPS) is 14.7. The molecule has 1 aliphatic carbocycles. The van der Waals surface area contributed by atoms with Gasteiger partial charge in [-0.2, -0.15) is 0 Å². The minimum Gasteiger partial charge on any atom is -0.461 e. The van der Waals surface area contributed by atoms with E-state index in [1.807, 2.05) is 6.07 Å². The van der Waals surface area contributed by atoms with Crippen LogP contribution in [0.3, 0.4) is 0 Å². The van der Waals surface area contributed by atoms with Gasteiger partial charge in [-0.1, -0.05) is 26.2 Å². The molecule has 0 bridgehead atoms. The first-order valence-electron chi connectivity index (χ1n) is 9.87. The van der Waals surface area contributed by atoms with Crippen molar-refractivity contribution in [2.45, 2.75) is 51.6 Å². The molecule has 2 rings (SSSR count). The predicted octanol–water partition coefficient (Wildman–Crippen LogP) is 3.35. The van der Waals surface area contributed by atoms with E-state index in [1.165, 1.54) is 32.1 Å². The number of anilines is 1. The van der Waals surface area contributed by atoms with E-state index in [9.17, 15) is 4.79 Å². The van der Waals surface area contributed by atoms with Crippen molar-refractivity contribution in [3.63, 3.8) is 0 Å². The summed E-state index contributed by atoms with van der Waals surface area (Å²) < 4.78 is 6.04. The number of esters is 1. The van der Waals surface area contributed by atoms with Crippen molar-refractivity contribution in [1.29, 1.82) is 0 Å². The maximum absolute atomic E-state index is 12.4. The lowest BCUT2D eigenvalue weighted by molar-refractivity contribution is 0.0507. The lowest BCUT2D eigenvalue weighted by Gasteiger charge is -2.34. The molecule has 0 aliphatic heterocycles. The van der Waals surface area contributed by atoms with E-state index in [4.69, 9.17) is 15.6 Å². The topological polar surface area (TPSA) is 87.8 Å². The zero-order chi connectivity index (χ0) is 19.6. The van der Waals surface area contributed by atoms with Gasteiger partial charge < -0.3 is 20.9 Å². The van der Waals surface area contributed by atoms with Gasteiger partial charge in [0, 0.05) is 30.1 Å². The Bertz CT molecular complexity index is 613. The second-order valence-electron chi connectivity index (χ2n) is 7.00. The van der Waals surface area contributed by atoms with Gasteiger partial charge in [-0.05, 0) is 53.0 Å². The van der Waals surface area contributed by atoms with Crippen molar-refractivity contribution in [2.24, 2.45) is 0 Å². The van der Waals surface area contributed by atoms with Gasteiger partial charge in [0.1, 0.15) is 6.61 Å². The van der Waals surface area contributed by atoms with Crippen LogP contribution in [-0.2, 0) is 11.3 Å². The number of hydrogen-bond donors (Lipinski definition) is 3. The molecule has 0 saturated heterocycles. The molecule has 8 heteroatoms. The first-order valence-corrected chi connectivity index (χ1v) is 10.7. The van der Waals surface area contributed by atoms with Crippen LogP contribution in [0, 0.1) is 0 Å². The van der Waals surface area contributed by atoms with Gasteiger partial charge in [0.15, 0.2) is 0 Å². The number of aliphatic hydroxyl groups is 1. The molecular formula is C20H33BrClN3O3. The maximum Gasteiger partial charge on any atom is 0.338 e. The van der Waals surface area contributed by atoms with Crippen LogP contribution in [0.15, 0.2) is 16.6 Å². The molecule has 4 N–H and O–H groups in total. The number of ether oxygens (including phenoxy) is 1. The van der Waals surface area contributed by atoms with E-state index in [0.717, 1.165) is 23.1 Å². The first-order chi connectivity index (χ1) is 13.1. The minimum atomic E-state index is -0.358. The summed E-state index contributed by atoms with van der Waals surface area (Å²) in [6.07, 6.45) is 6.37. The Kier molecular flexibility index (Phi) is 12.0. The van der Waals surface area contributed by atoms with Crippen molar-refractivity contribution in [3.8, 4) is 0 Å². The average Bonchev–Trinajstić information content (AvgIpc) is 2.69. The molecular weight excluding hydrogens is 446 g/mol. The Morgan fingerprint density at radius 2 is 2.04 bits per heavy atom. The third kappa shape index (κ3) is 7.52. The second-order valence-corrected chi connectivity index (χ2v) is 7.85. The number of nitrogen functional groups attached to an aromatic ring is 1. The average molecular weight is 479 g/mol. The van der Waals surface area contributed by atoms with Crippen LogP contribution in [0.4, 0.5) is 5.69 Å². The molecule has 1 saturated carbocycles. The van der Waals surface area contributed by atoms with E-state index in [0.29, 0.717) is 30.4 Å². The number of halogens is 2. The number of nitrogens with one attached hydrogen (secondary N) is 1. The molecule has 0 radical (unpaired) electrons. The number of hydrogen-bond acceptors (Lipinski definition) is 6. The first kappa shape index (κ1) is 25.2. The van der Waals surface area contributed by atoms with E-state index < -0.39 is 0 Å². The molecule has 0 amide bonds. The standard InChI is InChI=1S/C20H32BrN3O3.ClH/c1-2-24(17-6-4-3-5-7-17)14-16-12-15(13-18(21)19(16)22)20(26)27-11-9-23-8-10-25;/h12-13,17,23,25H,2-11,14,22H2,1H3;1H. The third-order valence-corrected chi connectivity index (χ3v) is 5.78. The predicted molar refractivity (Wildman–Crippen MR) is 119 cm³/mol. The summed E-state index contributed by atoms with van der Waals surface area (Å²) in [6.45, 7) is 5.22. The third-order valence-electron chi connectivity index (χ3n) is 5.12. The van der Waals surface area contributed by atoms with Gasteiger partial charge >= 0.3 is 5.97 Å². The molecule has 0 unspecified atom stereocenters. The van der Waals surface area contributed by atoms with Crippen LogP contribution in [0.2, 0.25) is 0 Å². The van der Waals surface area contributed by atoms with E-state index >= 15 is 0 Å². The molecule has 1 aromatic carbocycles. The SMILES string of the molecule is CCN(Cc1cc(C(=O)OCCNCCO)cc(Br)c1N)C1CCCCC1.Cl. The van der Waals surface area contributed by atoms with Gasteiger partial charge in [-0.25, -0.2) is 4.79 Å². The number of aliphatic hydroxyl groups excluding tert-OH is 1. The van der Waals surface area contributed by atoms with Gasteiger partial charge in [0.05, 0.1) is 17.9 Å². The summed E-state index contributed by atoms with van der Waals surface area (Å²) >= 11 is 3.48. The smallest absolute Gasteiger partial charge is 0.338 e. The lowest BCUT2D eigenvalue weighted by atomic mass is 9.93. The van der Waals surface area contributed by atoms with Crippen molar-refractivity contribution in [2.75, 3.05) is 38.6 Å². The highest BCUT2D eigenvalue weighted by molar-refractivity contribution is 9.10. The minimum absolute atomic E-state index is 0. The molecule has 0 aromatic heterocycles. The largest absolute Gasteiger partial charge is 0.461 e. The molecule has 1 fully saturated rings. The Morgan fingerprint density at radius 1 is 1.32 bits per heavy atom. The molecule has 28 heavy (non-hydrogen) atoms. The number of carbonyl (C=O) groups excluding carboxylic acids is 1. The monoisotopic (exact) mass is 477 g/mol.